The Morgan fingerprint density at radius 2 is 2.29 bits per heavy atom. The average molecular weight is 252 g/mol. The molecule has 1 rings (SSSR count). The lowest BCUT2D eigenvalue weighted by atomic mass is 10.2. The van der Waals surface area contributed by atoms with E-state index in [-0.39, 0.29) is 12.6 Å². The summed E-state index contributed by atoms with van der Waals surface area (Å²) in [6.07, 6.45) is 0. The van der Waals surface area contributed by atoms with Gasteiger partial charge in [-0.2, -0.15) is 0 Å². The summed E-state index contributed by atoms with van der Waals surface area (Å²) in [5.41, 5.74) is 6.57. The molecule has 17 heavy (non-hydrogen) atoms. The molecule has 0 saturated carbocycles. The maximum atomic E-state index is 11.3. The quantitative estimate of drug-likeness (QED) is 0.702. The highest BCUT2D eigenvalue weighted by Gasteiger charge is 2.02. The first-order valence-electron chi connectivity index (χ1n) is 5.20. The minimum absolute atomic E-state index is 0.257. The lowest BCUT2D eigenvalue weighted by molar-refractivity contribution is 0.252. The number of rotatable bonds is 2. The molecular weight excluding hydrogens is 238 g/mol. The summed E-state index contributed by atoms with van der Waals surface area (Å²) in [7, 11) is 0. The van der Waals surface area contributed by atoms with Crippen LogP contribution in [0.4, 0.5) is 10.5 Å². The van der Waals surface area contributed by atoms with Crippen molar-refractivity contribution in [2.75, 3.05) is 18.4 Å². The zero-order valence-electron chi connectivity index (χ0n) is 9.51. The van der Waals surface area contributed by atoms with Crippen LogP contribution in [0.3, 0.4) is 0 Å². The molecule has 0 aliphatic carbocycles. The summed E-state index contributed by atoms with van der Waals surface area (Å²) in [6, 6.07) is 4.85. The highest BCUT2D eigenvalue weighted by Crippen LogP contribution is 2.19. The molecule has 0 aliphatic rings. The van der Waals surface area contributed by atoms with Gasteiger partial charge in [-0.15, -0.1) is 0 Å². The first kappa shape index (κ1) is 13.4. The second-order valence-electron chi connectivity index (χ2n) is 3.18. The summed E-state index contributed by atoms with van der Waals surface area (Å²) in [5, 5.41) is 5.85. The number of hydrogen-bond acceptors (Lipinski definition) is 2. The normalized spacial score (nSPS) is 9.12. The zero-order chi connectivity index (χ0) is 12.7. The van der Waals surface area contributed by atoms with Crippen LogP contribution >= 0.6 is 11.6 Å². The minimum Gasteiger partial charge on any atom is -0.338 e. The smallest absolute Gasteiger partial charge is 0.319 e. The fourth-order valence-corrected chi connectivity index (χ4v) is 1.35. The Kier molecular flexibility index (Phi) is 5.34. The first-order valence-corrected chi connectivity index (χ1v) is 5.58. The molecule has 0 fully saturated rings. The van der Waals surface area contributed by atoms with Gasteiger partial charge in [-0.1, -0.05) is 23.4 Å². The number of nitrogens with one attached hydrogen (secondary N) is 2. The van der Waals surface area contributed by atoms with Gasteiger partial charge in [0.1, 0.15) is 0 Å². The van der Waals surface area contributed by atoms with Gasteiger partial charge in [0, 0.05) is 17.8 Å². The first-order chi connectivity index (χ1) is 8.17. The predicted molar refractivity (Wildman–Crippen MR) is 70.1 cm³/mol. The summed E-state index contributed by atoms with van der Waals surface area (Å²) < 4.78 is 0. The van der Waals surface area contributed by atoms with Gasteiger partial charge in [0.25, 0.3) is 0 Å². The molecule has 0 spiro atoms. The van der Waals surface area contributed by atoms with Gasteiger partial charge in [-0.25, -0.2) is 4.79 Å². The third kappa shape index (κ3) is 4.35. The predicted octanol–water partition coefficient (Wildman–Crippen LogP) is 1.79. The standard InChI is InChI=1S/C12H14ClN3O/c1-2-15-12(17)16-10-5-6-11(13)9(8-10)4-3-7-14/h5-6,8H,2,7,14H2,1H3,(H2,15,16,17). The number of nitrogens with two attached hydrogens (primary N) is 1. The number of anilines is 1. The van der Waals surface area contributed by atoms with Gasteiger partial charge in [0.2, 0.25) is 0 Å². The second-order valence-corrected chi connectivity index (χ2v) is 3.59. The topological polar surface area (TPSA) is 67.2 Å². The van der Waals surface area contributed by atoms with Gasteiger partial charge in [-0.3, -0.25) is 0 Å². The van der Waals surface area contributed by atoms with Crippen LogP contribution in [0, 0.1) is 11.8 Å². The van der Waals surface area contributed by atoms with Crippen LogP contribution in [0.1, 0.15) is 12.5 Å². The van der Waals surface area contributed by atoms with Crippen molar-refractivity contribution < 1.29 is 4.79 Å². The number of urea groups is 1. The maximum Gasteiger partial charge on any atom is 0.319 e. The van der Waals surface area contributed by atoms with Crippen LogP contribution in [0.2, 0.25) is 5.02 Å². The number of hydrogen-bond donors (Lipinski definition) is 3. The van der Waals surface area contributed by atoms with E-state index in [1.807, 2.05) is 6.92 Å². The molecule has 0 saturated heterocycles. The van der Waals surface area contributed by atoms with Crippen LogP contribution in [-0.2, 0) is 0 Å². The summed E-state index contributed by atoms with van der Waals surface area (Å²) >= 11 is 5.96. The van der Waals surface area contributed by atoms with Crippen LogP contribution in [-0.4, -0.2) is 19.1 Å². The molecule has 0 heterocycles. The van der Waals surface area contributed by atoms with Gasteiger partial charge >= 0.3 is 6.03 Å². The molecule has 1 aromatic rings. The number of carbonyl (C=O) groups excluding carboxylic acids is 1. The number of benzene rings is 1. The molecular formula is C12H14ClN3O. The molecule has 0 bridgehead atoms. The van der Waals surface area contributed by atoms with Crippen molar-refractivity contribution in [1.29, 1.82) is 0 Å². The van der Waals surface area contributed by atoms with E-state index in [0.29, 0.717) is 22.8 Å². The largest absolute Gasteiger partial charge is 0.338 e. The van der Waals surface area contributed by atoms with Crippen molar-refractivity contribution in [3.05, 3.63) is 28.8 Å². The van der Waals surface area contributed by atoms with Crippen molar-refractivity contribution in [3.63, 3.8) is 0 Å². The Labute approximate surface area is 106 Å². The highest BCUT2D eigenvalue weighted by atomic mass is 35.5. The Hall–Kier alpha value is -1.70. The SMILES string of the molecule is CCNC(=O)Nc1ccc(Cl)c(C#CCN)c1. The van der Waals surface area contributed by atoms with Gasteiger partial charge in [0.05, 0.1) is 11.6 Å². The molecule has 4 N–H and O–H groups in total. The second kappa shape index (κ2) is 6.79. The van der Waals surface area contributed by atoms with Gasteiger partial charge in [-0.05, 0) is 25.1 Å². The Balaban J connectivity index is 2.85. The third-order valence-electron chi connectivity index (χ3n) is 1.89. The van der Waals surface area contributed by atoms with E-state index < -0.39 is 0 Å². The number of halogens is 1. The van der Waals surface area contributed by atoms with Crippen LogP contribution < -0.4 is 16.4 Å². The number of amides is 2. The van der Waals surface area contributed by atoms with E-state index in [4.69, 9.17) is 17.3 Å². The van der Waals surface area contributed by atoms with E-state index in [0.717, 1.165) is 0 Å². The third-order valence-corrected chi connectivity index (χ3v) is 2.22. The molecule has 0 radical (unpaired) electrons. The molecule has 0 unspecified atom stereocenters. The molecule has 0 aromatic heterocycles. The van der Waals surface area contributed by atoms with E-state index in [1.165, 1.54) is 0 Å². The highest BCUT2D eigenvalue weighted by molar-refractivity contribution is 6.31. The molecule has 0 atom stereocenters. The Morgan fingerprint density at radius 1 is 1.53 bits per heavy atom. The maximum absolute atomic E-state index is 11.3. The average Bonchev–Trinajstić information content (AvgIpc) is 2.30. The number of carbonyl (C=O) groups is 1. The fraction of sp³-hybridized carbons (Fsp3) is 0.250. The lowest BCUT2D eigenvalue weighted by Gasteiger charge is -2.06. The molecule has 0 aliphatic heterocycles. The molecule has 2 amide bonds. The summed E-state index contributed by atoms with van der Waals surface area (Å²) in [4.78, 5) is 11.3. The zero-order valence-corrected chi connectivity index (χ0v) is 10.3. The van der Waals surface area contributed by atoms with Gasteiger partial charge < -0.3 is 16.4 Å². The summed E-state index contributed by atoms with van der Waals surface area (Å²) in [5.74, 6) is 5.56. The van der Waals surface area contributed by atoms with Crippen molar-refractivity contribution in [2.45, 2.75) is 6.92 Å². The summed E-state index contributed by atoms with van der Waals surface area (Å²) in [6.45, 7) is 2.68. The fourth-order valence-electron chi connectivity index (χ4n) is 1.18. The van der Waals surface area contributed by atoms with Gasteiger partial charge in [0.15, 0.2) is 0 Å². The van der Waals surface area contributed by atoms with Crippen LogP contribution in [0.25, 0.3) is 0 Å². The molecule has 1 aromatic carbocycles. The lowest BCUT2D eigenvalue weighted by Crippen LogP contribution is -2.28. The van der Waals surface area contributed by atoms with Crippen molar-refractivity contribution in [2.24, 2.45) is 5.73 Å². The molecule has 90 valence electrons. The Morgan fingerprint density at radius 3 is 2.94 bits per heavy atom. The molecule has 4 nitrogen and oxygen atoms in total. The Bertz CT molecular complexity index is 463. The van der Waals surface area contributed by atoms with E-state index in [9.17, 15) is 4.79 Å². The van der Waals surface area contributed by atoms with Crippen molar-refractivity contribution >= 4 is 23.3 Å². The van der Waals surface area contributed by atoms with Crippen molar-refractivity contribution in [1.82, 2.24) is 5.32 Å². The monoisotopic (exact) mass is 251 g/mol. The van der Waals surface area contributed by atoms with E-state index >= 15 is 0 Å². The molecule has 5 heteroatoms. The van der Waals surface area contributed by atoms with Crippen LogP contribution in [0.5, 0.6) is 0 Å². The van der Waals surface area contributed by atoms with E-state index in [1.54, 1.807) is 18.2 Å². The minimum atomic E-state index is -0.257. The van der Waals surface area contributed by atoms with Crippen LogP contribution in [0.15, 0.2) is 18.2 Å². The van der Waals surface area contributed by atoms with Crippen molar-refractivity contribution in [3.8, 4) is 11.8 Å². The van der Waals surface area contributed by atoms with E-state index in [2.05, 4.69) is 22.5 Å².